The highest BCUT2D eigenvalue weighted by Gasteiger charge is 2.17. The molecule has 2 unspecified atom stereocenters. The predicted molar refractivity (Wildman–Crippen MR) is 73.5 cm³/mol. The van der Waals surface area contributed by atoms with Crippen LogP contribution in [0.25, 0.3) is 0 Å². The summed E-state index contributed by atoms with van der Waals surface area (Å²) in [7, 11) is -2.94. The van der Waals surface area contributed by atoms with Gasteiger partial charge < -0.3 is 15.3 Å². The number of aliphatic hydroxyl groups excluding tert-OH is 1. The first kappa shape index (κ1) is 15.9. The zero-order chi connectivity index (χ0) is 13.6. The summed E-state index contributed by atoms with van der Waals surface area (Å²) in [6, 6.07) is -0.108. The molecular weight excluding hydrogens is 252 g/mol. The minimum absolute atomic E-state index is 0.108. The molecule has 1 fully saturated rings. The molecule has 0 saturated carbocycles. The van der Waals surface area contributed by atoms with E-state index in [1.807, 2.05) is 6.92 Å². The molecule has 0 aromatic carbocycles. The molecule has 2 atom stereocenters. The van der Waals surface area contributed by atoms with E-state index in [0.717, 1.165) is 13.1 Å². The monoisotopic (exact) mass is 278 g/mol. The van der Waals surface area contributed by atoms with Crippen LogP contribution in [0.2, 0.25) is 0 Å². The fraction of sp³-hybridized carbons (Fsp3) is 1.00. The summed E-state index contributed by atoms with van der Waals surface area (Å²) in [4.78, 5) is 2.25. The topological polar surface area (TPSA) is 69.6 Å². The van der Waals surface area contributed by atoms with Crippen LogP contribution in [0, 0.1) is 0 Å². The Balaban J connectivity index is 2.18. The molecule has 0 amide bonds. The molecule has 1 heterocycles. The first-order valence-electron chi connectivity index (χ1n) is 6.77. The van der Waals surface area contributed by atoms with E-state index in [-0.39, 0.29) is 17.5 Å². The maximum atomic E-state index is 11.4. The van der Waals surface area contributed by atoms with E-state index in [2.05, 4.69) is 10.2 Å². The summed E-state index contributed by atoms with van der Waals surface area (Å²) in [5.41, 5.74) is 0. The number of hydrogen-bond acceptors (Lipinski definition) is 5. The number of β-amino-alcohol motifs (C(OH)–C–C–N with tert-alkyl or cyclic N) is 1. The van der Waals surface area contributed by atoms with Gasteiger partial charge >= 0.3 is 0 Å². The largest absolute Gasteiger partial charge is 0.390 e. The number of nitrogens with zero attached hydrogens (tertiary/aromatic N) is 1. The zero-order valence-electron chi connectivity index (χ0n) is 11.4. The van der Waals surface area contributed by atoms with Gasteiger partial charge in [0.1, 0.15) is 0 Å². The summed E-state index contributed by atoms with van der Waals surface area (Å²) in [6.45, 7) is 6.77. The summed E-state index contributed by atoms with van der Waals surface area (Å²) in [6.07, 6.45) is 2.01. The molecule has 1 saturated heterocycles. The third kappa shape index (κ3) is 6.13. The summed E-state index contributed by atoms with van der Waals surface area (Å²) < 4.78 is 22.8. The van der Waals surface area contributed by atoms with Crippen molar-refractivity contribution in [3.05, 3.63) is 0 Å². The molecule has 1 aliphatic heterocycles. The minimum atomic E-state index is -2.94. The molecule has 6 heteroatoms. The minimum Gasteiger partial charge on any atom is -0.390 e. The van der Waals surface area contributed by atoms with E-state index < -0.39 is 15.9 Å². The number of sulfone groups is 1. The molecule has 108 valence electrons. The fourth-order valence-corrected chi connectivity index (χ4v) is 3.34. The van der Waals surface area contributed by atoms with Crippen molar-refractivity contribution in [2.75, 3.05) is 37.7 Å². The Bertz CT molecular complexity index is 326. The van der Waals surface area contributed by atoms with Gasteiger partial charge in [-0.05, 0) is 32.9 Å². The predicted octanol–water partition coefficient (Wildman–Crippen LogP) is -0.144. The first-order valence-corrected chi connectivity index (χ1v) is 8.59. The molecule has 5 nitrogen and oxygen atoms in total. The number of aliphatic hydroxyl groups is 1. The van der Waals surface area contributed by atoms with Crippen molar-refractivity contribution >= 4 is 9.84 Å². The second-order valence-corrected chi connectivity index (χ2v) is 7.57. The van der Waals surface area contributed by atoms with Crippen LogP contribution < -0.4 is 5.32 Å². The van der Waals surface area contributed by atoms with Gasteiger partial charge in [-0.1, -0.05) is 6.92 Å². The normalized spacial score (nSPS) is 21.1. The van der Waals surface area contributed by atoms with Crippen LogP contribution in [-0.2, 0) is 9.84 Å². The quantitative estimate of drug-likeness (QED) is 0.646. The average Bonchev–Trinajstić information content (AvgIpc) is 2.78. The fourth-order valence-electron chi connectivity index (χ4n) is 2.22. The molecule has 0 aliphatic carbocycles. The highest BCUT2D eigenvalue weighted by Crippen LogP contribution is 2.07. The second kappa shape index (κ2) is 7.43. The standard InChI is InChI=1S/C12H26N2O3S/c1-3-18(16,17)10-11(2)13-8-12(15)9-14-6-4-5-7-14/h11-13,15H,3-10H2,1-2H3. The molecule has 18 heavy (non-hydrogen) atoms. The van der Waals surface area contributed by atoms with Gasteiger partial charge in [0, 0.05) is 24.9 Å². The number of nitrogens with one attached hydrogen (secondary N) is 1. The Labute approximate surface area is 110 Å². The number of rotatable bonds is 8. The van der Waals surface area contributed by atoms with E-state index in [0.29, 0.717) is 13.1 Å². The van der Waals surface area contributed by atoms with E-state index >= 15 is 0 Å². The van der Waals surface area contributed by atoms with E-state index in [1.165, 1.54) is 12.8 Å². The van der Waals surface area contributed by atoms with Crippen molar-refractivity contribution in [2.45, 2.75) is 38.8 Å². The van der Waals surface area contributed by atoms with Gasteiger partial charge in [0.05, 0.1) is 11.9 Å². The smallest absolute Gasteiger partial charge is 0.151 e. The van der Waals surface area contributed by atoms with Crippen molar-refractivity contribution in [1.29, 1.82) is 0 Å². The Morgan fingerprint density at radius 1 is 1.33 bits per heavy atom. The lowest BCUT2D eigenvalue weighted by molar-refractivity contribution is 0.121. The van der Waals surface area contributed by atoms with Gasteiger partial charge in [0.2, 0.25) is 0 Å². The van der Waals surface area contributed by atoms with Crippen LogP contribution in [0.15, 0.2) is 0 Å². The van der Waals surface area contributed by atoms with Crippen LogP contribution in [-0.4, -0.2) is 68.3 Å². The van der Waals surface area contributed by atoms with Crippen LogP contribution in [0.5, 0.6) is 0 Å². The van der Waals surface area contributed by atoms with Crippen molar-refractivity contribution in [2.24, 2.45) is 0 Å². The molecular formula is C12H26N2O3S. The number of hydrogen-bond donors (Lipinski definition) is 2. The highest BCUT2D eigenvalue weighted by molar-refractivity contribution is 7.91. The Morgan fingerprint density at radius 2 is 1.94 bits per heavy atom. The van der Waals surface area contributed by atoms with E-state index in [4.69, 9.17) is 0 Å². The maximum Gasteiger partial charge on any atom is 0.151 e. The van der Waals surface area contributed by atoms with Crippen LogP contribution in [0.3, 0.4) is 0 Å². The molecule has 0 bridgehead atoms. The second-order valence-electron chi connectivity index (χ2n) is 5.17. The summed E-state index contributed by atoms with van der Waals surface area (Å²) >= 11 is 0. The molecule has 0 aromatic heterocycles. The molecule has 1 rings (SSSR count). The Hall–Kier alpha value is -0.170. The van der Waals surface area contributed by atoms with Gasteiger partial charge in [-0.2, -0.15) is 0 Å². The van der Waals surface area contributed by atoms with Gasteiger partial charge in [0.25, 0.3) is 0 Å². The lowest BCUT2D eigenvalue weighted by Gasteiger charge is -2.21. The third-order valence-corrected chi connectivity index (χ3v) is 5.20. The van der Waals surface area contributed by atoms with Crippen molar-refractivity contribution in [3.8, 4) is 0 Å². The van der Waals surface area contributed by atoms with Crippen LogP contribution in [0.4, 0.5) is 0 Å². The SMILES string of the molecule is CCS(=O)(=O)CC(C)NCC(O)CN1CCCC1. The van der Waals surface area contributed by atoms with Gasteiger partial charge in [0.15, 0.2) is 9.84 Å². The Morgan fingerprint density at radius 3 is 2.50 bits per heavy atom. The van der Waals surface area contributed by atoms with Gasteiger partial charge in [-0.3, -0.25) is 0 Å². The lowest BCUT2D eigenvalue weighted by atomic mass is 10.3. The van der Waals surface area contributed by atoms with Crippen LogP contribution >= 0.6 is 0 Å². The van der Waals surface area contributed by atoms with E-state index in [1.54, 1.807) is 6.92 Å². The van der Waals surface area contributed by atoms with E-state index in [9.17, 15) is 13.5 Å². The zero-order valence-corrected chi connectivity index (χ0v) is 12.2. The van der Waals surface area contributed by atoms with Gasteiger partial charge in [-0.25, -0.2) is 8.42 Å². The van der Waals surface area contributed by atoms with Crippen LogP contribution in [0.1, 0.15) is 26.7 Å². The molecule has 0 radical (unpaired) electrons. The Kier molecular flexibility index (Phi) is 6.55. The van der Waals surface area contributed by atoms with Crippen molar-refractivity contribution in [3.63, 3.8) is 0 Å². The maximum absolute atomic E-state index is 11.4. The average molecular weight is 278 g/mol. The third-order valence-electron chi connectivity index (χ3n) is 3.31. The molecule has 0 spiro atoms. The summed E-state index contributed by atoms with van der Waals surface area (Å²) in [5.74, 6) is 0.315. The first-order chi connectivity index (χ1) is 8.43. The summed E-state index contributed by atoms with van der Waals surface area (Å²) in [5, 5.41) is 13.0. The molecule has 1 aliphatic rings. The molecule has 2 N–H and O–H groups in total. The number of likely N-dealkylation sites (tertiary alicyclic amines) is 1. The molecule has 0 aromatic rings. The van der Waals surface area contributed by atoms with Gasteiger partial charge in [-0.15, -0.1) is 0 Å². The van der Waals surface area contributed by atoms with Crippen molar-refractivity contribution in [1.82, 2.24) is 10.2 Å². The highest BCUT2D eigenvalue weighted by atomic mass is 32.2. The van der Waals surface area contributed by atoms with Crippen molar-refractivity contribution < 1.29 is 13.5 Å². The lowest BCUT2D eigenvalue weighted by Crippen LogP contribution is -2.42.